The molecule has 18 heavy (non-hydrogen) atoms. The van der Waals surface area contributed by atoms with Crippen LogP contribution in [-0.2, 0) is 4.79 Å². The zero-order chi connectivity index (χ0) is 13.8. The summed E-state index contributed by atoms with van der Waals surface area (Å²) in [6.07, 6.45) is 2.49. The lowest BCUT2D eigenvalue weighted by Crippen LogP contribution is -2.53. The van der Waals surface area contributed by atoms with Gasteiger partial charge in [-0.1, -0.05) is 33.0 Å². The first-order valence-electron chi connectivity index (χ1n) is 6.72. The van der Waals surface area contributed by atoms with Gasteiger partial charge in [-0.05, 0) is 19.3 Å². The molecule has 5 heteroatoms. The van der Waals surface area contributed by atoms with Crippen molar-refractivity contribution in [3.8, 4) is 0 Å². The fraction of sp³-hybridized carbons (Fsp3) is 0.846. The Balaban J connectivity index is 2.86. The highest BCUT2D eigenvalue weighted by Crippen LogP contribution is 2.32. The number of carbonyl (C=O) groups excluding carboxylic acids is 1. The number of nitrogens with zero attached hydrogens (tertiary/aromatic N) is 1. The molecule has 1 atom stereocenters. The van der Waals surface area contributed by atoms with Crippen molar-refractivity contribution in [2.45, 2.75) is 45.3 Å². The van der Waals surface area contributed by atoms with E-state index in [4.69, 9.17) is 18.0 Å². The second-order valence-corrected chi connectivity index (χ2v) is 6.65. The second-order valence-electron chi connectivity index (χ2n) is 4.81. The van der Waals surface area contributed by atoms with Crippen LogP contribution < -0.4 is 5.73 Å². The first-order valence-corrected chi connectivity index (χ1v) is 8.18. The molecule has 0 aromatic heterocycles. The Hall–Kier alpha value is -0.290. The Morgan fingerprint density at radius 1 is 1.44 bits per heavy atom. The average molecular weight is 288 g/mol. The van der Waals surface area contributed by atoms with Crippen molar-refractivity contribution in [2.24, 2.45) is 11.1 Å². The van der Waals surface area contributed by atoms with Gasteiger partial charge in [-0.2, -0.15) is 11.8 Å². The van der Waals surface area contributed by atoms with Crippen LogP contribution in [0.2, 0.25) is 0 Å². The molecule has 2 N–H and O–H groups in total. The summed E-state index contributed by atoms with van der Waals surface area (Å²) in [6.45, 7) is 7.83. The zero-order valence-corrected chi connectivity index (χ0v) is 13.2. The molecule has 0 spiro atoms. The quantitative estimate of drug-likeness (QED) is 0.789. The van der Waals surface area contributed by atoms with Crippen LogP contribution in [0, 0.1) is 5.41 Å². The van der Waals surface area contributed by atoms with E-state index in [2.05, 4.69) is 6.92 Å². The van der Waals surface area contributed by atoms with E-state index in [1.807, 2.05) is 30.5 Å². The third-order valence-corrected chi connectivity index (χ3v) is 5.73. The Labute approximate surface area is 120 Å². The molecule has 1 aliphatic heterocycles. The maximum absolute atomic E-state index is 12.7. The fourth-order valence-corrected chi connectivity index (χ4v) is 4.02. The molecule has 0 aromatic carbocycles. The smallest absolute Gasteiger partial charge is 0.235 e. The Morgan fingerprint density at radius 2 is 2.06 bits per heavy atom. The molecule has 0 radical (unpaired) electrons. The van der Waals surface area contributed by atoms with Gasteiger partial charge >= 0.3 is 0 Å². The summed E-state index contributed by atoms with van der Waals surface area (Å²) in [5.74, 6) is 1.16. The lowest BCUT2D eigenvalue weighted by molar-refractivity contribution is -0.138. The average Bonchev–Trinajstić information content (AvgIpc) is 2.40. The van der Waals surface area contributed by atoms with Gasteiger partial charge in [0.2, 0.25) is 5.91 Å². The van der Waals surface area contributed by atoms with Gasteiger partial charge in [0.1, 0.15) is 0 Å². The van der Waals surface area contributed by atoms with Gasteiger partial charge in [0.25, 0.3) is 0 Å². The van der Waals surface area contributed by atoms with Crippen LogP contribution in [0.25, 0.3) is 0 Å². The van der Waals surface area contributed by atoms with Crippen LogP contribution in [-0.4, -0.2) is 39.9 Å². The number of amides is 1. The van der Waals surface area contributed by atoms with E-state index >= 15 is 0 Å². The van der Waals surface area contributed by atoms with Crippen molar-refractivity contribution in [2.75, 3.05) is 18.8 Å². The van der Waals surface area contributed by atoms with Crippen molar-refractivity contribution in [1.82, 2.24) is 4.90 Å². The highest BCUT2D eigenvalue weighted by molar-refractivity contribution is 8.00. The van der Waals surface area contributed by atoms with Crippen LogP contribution in [0.15, 0.2) is 0 Å². The molecule has 1 unspecified atom stereocenters. The van der Waals surface area contributed by atoms with E-state index in [0.29, 0.717) is 23.1 Å². The second kappa shape index (κ2) is 6.75. The molecule has 3 nitrogen and oxygen atoms in total. The summed E-state index contributed by atoms with van der Waals surface area (Å²) >= 11 is 7.12. The fourth-order valence-electron chi connectivity index (χ4n) is 2.46. The predicted octanol–water partition coefficient (Wildman–Crippen LogP) is 2.43. The molecule has 1 fully saturated rings. The standard InChI is InChI=1S/C13H24N2OS2/c1-4-10-9-15(7-8-18-10)12(16)13(5-2,6-3)11(14)17/h10H,4-9H2,1-3H3,(H2,14,17). The number of thioether (sulfide) groups is 1. The molecule has 1 amide bonds. The zero-order valence-electron chi connectivity index (χ0n) is 11.6. The summed E-state index contributed by atoms with van der Waals surface area (Å²) in [7, 11) is 0. The lowest BCUT2D eigenvalue weighted by Gasteiger charge is -2.39. The van der Waals surface area contributed by atoms with Gasteiger partial charge in [-0.25, -0.2) is 0 Å². The number of hydrogen-bond donors (Lipinski definition) is 1. The van der Waals surface area contributed by atoms with Crippen LogP contribution in [0.5, 0.6) is 0 Å². The van der Waals surface area contributed by atoms with Crippen LogP contribution in [0.3, 0.4) is 0 Å². The molecule has 1 saturated heterocycles. The molecule has 0 aliphatic carbocycles. The van der Waals surface area contributed by atoms with Crippen molar-refractivity contribution in [3.63, 3.8) is 0 Å². The van der Waals surface area contributed by atoms with E-state index in [1.54, 1.807) is 0 Å². The summed E-state index contributed by atoms with van der Waals surface area (Å²) in [6, 6.07) is 0. The highest BCUT2D eigenvalue weighted by Gasteiger charge is 2.41. The first kappa shape index (κ1) is 15.8. The number of hydrogen-bond acceptors (Lipinski definition) is 3. The highest BCUT2D eigenvalue weighted by atomic mass is 32.2. The summed E-state index contributed by atoms with van der Waals surface area (Å²) in [5, 5.41) is 0.556. The molecule has 1 heterocycles. The molecule has 104 valence electrons. The van der Waals surface area contributed by atoms with Gasteiger partial charge in [0.05, 0.1) is 10.4 Å². The molecule has 0 aromatic rings. The monoisotopic (exact) mass is 288 g/mol. The first-order chi connectivity index (χ1) is 8.51. The number of nitrogens with two attached hydrogens (primary N) is 1. The number of thiocarbonyl (C=S) groups is 1. The van der Waals surface area contributed by atoms with E-state index in [0.717, 1.165) is 25.3 Å². The van der Waals surface area contributed by atoms with Crippen LogP contribution in [0.1, 0.15) is 40.0 Å². The third-order valence-electron chi connectivity index (χ3n) is 3.97. The van der Waals surface area contributed by atoms with Crippen molar-refractivity contribution in [1.29, 1.82) is 0 Å². The Bertz CT molecular complexity index is 316. The topological polar surface area (TPSA) is 46.3 Å². The van der Waals surface area contributed by atoms with E-state index in [1.165, 1.54) is 0 Å². The van der Waals surface area contributed by atoms with Crippen LogP contribution in [0.4, 0.5) is 0 Å². The maximum atomic E-state index is 12.7. The molecule has 1 aliphatic rings. The Morgan fingerprint density at radius 3 is 2.50 bits per heavy atom. The molecular formula is C13H24N2OS2. The van der Waals surface area contributed by atoms with Gasteiger partial charge in [-0.15, -0.1) is 0 Å². The van der Waals surface area contributed by atoms with E-state index in [-0.39, 0.29) is 5.91 Å². The van der Waals surface area contributed by atoms with Crippen molar-refractivity contribution in [3.05, 3.63) is 0 Å². The summed E-state index contributed by atoms with van der Waals surface area (Å²) in [4.78, 5) is 15.1. The van der Waals surface area contributed by atoms with Gasteiger partial charge in [0.15, 0.2) is 0 Å². The Kier molecular flexibility index (Phi) is 5.92. The lowest BCUT2D eigenvalue weighted by atomic mass is 9.80. The largest absolute Gasteiger partial charge is 0.392 e. The van der Waals surface area contributed by atoms with Gasteiger partial charge in [-0.3, -0.25) is 4.79 Å². The minimum Gasteiger partial charge on any atom is -0.392 e. The number of carbonyl (C=O) groups is 1. The number of rotatable bonds is 5. The van der Waals surface area contributed by atoms with Gasteiger partial charge in [0, 0.05) is 24.1 Å². The van der Waals surface area contributed by atoms with E-state index < -0.39 is 5.41 Å². The molecule has 0 saturated carbocycles. The summed E-state index contributed by atoms with van der Waals surface area (Å²) in [5.41, 5.74) is 5.22. The molecule has 0 bridgehead atoms. The van der Waals surface area contributed by atoms with Crippen LogP contribution >= 0.6 is 24.0 Å². The molecular weight excluding hydrogens is 264 g/mol. The predicted molar refractivity (Wildman–Crippen MR) is 82.9 cm³/mol. The van der Waals surface area contributed by atoms with Crippen molar-refractivity contribution < 1.29 is 4.79 Å². The maximum Gasteiger partial charge on any atom is 0.235 e. The van der Waals surface area contributed by atoms with Crippen molar-refractivity contribution >= 4 is 34.9 Å². The SMILES string of the molecule is CCC1CN(C(=O)C(CC)(CC)C(N)=S)CCS1. The normalized spacial score (nSPS) is 20.8. The summed E-state index contributed by atoms with van der Waals surface area (Å²) < 4.78 is 0. The minimum atomic E-state index is -0.629. The third kappa shape index (κ3) is 2.99. The minimum absolute atomic E-state index is 0.138. The molecule has 1 rings (SSSR count). The van der Waals surface area contributed by atoms with Gasteiger partial charge < -0.3 is 10.6 Å². The van der Waals surface area contributed by atoms with E-state index in [9.17, 15) is 4.79 Å².